The number of ether oxygens (including phenoxy) is 2. The lowest BCUT2D eigenvalue weighted by atomic mass is 10.0. The van der Waals surface area contributed by atoms with E-state index in [1.165, 1.54) is 28.6 Å². The molecular formula is C26H29FN2O6S. The van der Waals surface area contributed by atoms with Gasteiger partial charge in [-0.15, -0.1) is 0 Å². The van der Waals surface area contributed by atoms with Crippen LogP contribution in [0.15, 0.2) is 58.0 Å². The number of nitrogens with zero attached hydrogens (tertiary/aromatic N) is 1. The van der Waals surface area contributed by atoms with Gasteiger partial charge < -0.3 is 19.2 Å². The van der Waals surface area contributed by atoms with Crippen molar-refractivity contribution in [3.05, 3.63) is 59.9 Å². The Morgan fingerprint density at radius 1 is 1.14 bits per heavy atom. The first-order chi connectivity index (χ1) is 17.4. The lowest BCUT2D eigenvalue weighted by Crippen LogP contribution is -2.45. The van der Waals surface area contributed by atoms with E-state index in [9.17, 15) is 17.6 Å². The van der Waals surface area contributed by atoms with E-state index in [1.54, 1.807) is 0 Å². The van der Waals surface area contributed by atoms with Gasteiger partial charge in [0.25, 0.3) is 10.0 Å². The van der Waals surface area contributed by atoms with Crippen LogP contribution in [0.5, 0.6) is 5.75 Å². The van der Waals surface area contributed by atoms with Crippen molar-refractivity contribution in [2.75, 3.05) is 26.4 Å². The zero-order valence-corrected chi connectivity index (χ0v) is 20.6. The monoisotopic (exact) mass is 516 g/mol. The van der Waals surface area contributed by atoms with Gasteiger partial charge in [-0.25, -0.2) is 12.8 Å². The number of rotatable bonds is 8. The molecule has 1 N–H and O–H groups in total. The Morgan fingerprint density at radius 2 is 2.03 bits per heavy atom. The summed E-state index contributed by atoms with van der Waals surface area (Å²) in [5.74, 6) is 0.244. The first-order valence-corrected chi connectivity index (χ1v) is 13.6. The van der Waals surface area contributed by atoms with Crippen LogP contribution in [0.1, 0.15) is 31.2 Å². The van der Waals surface area contributed by atoms with Crippen LogP contribution in [0, 0.1) is 11.7 Å². The maximum atomic E-state index is 13.5. The third kappa shape index (κ3) is 5.40. The van der Waals surface area contributed by atoms with Gasteiger partial charge >= 0.3 is 0 Å². The smallest absolute Gasteiger partial charge is 0.277 e. The molecule has 1 unspecified atom stereocenters. The van der Waals surface area contributed by atoms with Crippen LogP contribution in [0.3, 0.4) is 0 Å². The Kier molecular flexibility index (Phi) is 7.27. The highest BCUT2D eigenvalue weighted by atomic mass is 32.2. The Labute approximate surface area is 209 Å². The van der Waals surface area contributed by atoms with Crippen LogP contribution in [0.4, 0.5) is 4.39 Å². The van der Waals surface area contributed by atoms with Gasteiger partial charge in [-0.05, 0) is 61.6 Å². The molecule has 2 saturated heterocycles. The molecular weight excluding hydrogens is 487 g/mol. The largest absolute Gasteiger partial charge is 0.493 e. The molecule has 0 aliphatic carbocycles. The molecule has 1 amide bonds. The normalized spacial score (nSPS) is 21.0. The highest BCUT2D eigenvalue weighted by molar-refractivity contribution is 7.89. The molecule has 3 aromatic rings. The lowest BCUT2D eigenvalue weighted by Gasteiger charge is -2.22. The molecule has 0 bridgehead atoms. The number of nitrogens with one attached hydrogen (secondary N) is 1. The van der Waals surface area contributed by atoms with Crippen molar-refractivity contribution in [3.63, 3.8) is 0 Å². The standard InChI is InChI=1S/C26H29FN2O6S/c27-21-8-9-24-20(13-21)14-25(35-24)36(31,32)29-10-2-7-23(29)26(30)28-15-18-4-1-6-22(12-18)34-17-19-5-3-11-33-16-19/h1,4,6,8-9,12-14,19,23H,2-3,5,7,10-11,15-17H2,(H,28,30)/t19?,23-/m0/s1. The summed E-state index contributed by atoms with van der Waals surface area (Å²) in [5, 5.41) is 2.92. The third-order valence-corrected chi connectivity index (χ3v) is 8.39. The molecule has 5 rings (SSSR count). The predicted molar refractivity (Wildman–Crippen MR) is 130 cm³/mol. The quantitative estimate of drug-likeness (QED) is 0.489. The van der Waals surface area contributed by atoms with Gasteiger partial charge in [-0.3, -0.25) is 4.79 Å². The summed E-state index contributed by atoms with van der Waals surface area (Å²) in [7, 11) is -4.06. The molecule has 3 heterocycles. The zero-order chi connectivity index (χ0) is 25.1. The molecule has 2 fully saturated rings. The minimum absolute atomic E-state index is 0.208. The molecule has 1 aromatic heterocycles. The van der Waals surface area contributed by atoms with Crippen LogP contribution in [-0.2, 0) is 26.1 Å². The predicted octanol–water partition coefficient (Wildman–Crippen LogP) is 3.85. The summed E-state index contributed by atoms with van der Waals surface area (Å²) < 4.78 is 58.1. The number of carbonyl (C=O) groups excluding carboxylic acids is 1. The van der Waals surface area contributed by atoms with E-state index in [2.05, 4.69) is 5.32 Å². The van der Waals surface area contributed by atoms with E-state index in [1.807, 2.05) is 24.3 Å². The second-order valence-corrected chi connectivity index (χ2v) is 11.1. The number of carbonyl (C=O) groups is 1. The highest BCUT2D eigenvalue weighted by Crippen LogP contribution is 2.30. The van der Waals surface area contributed by atoms with E-state index in [4.69, 9.17) is 13.9 Å². The fraction of sp³-hybridized carbons (Fsp3) is 0.423. The van der Waals surface area contributed by atoms with Crippen molar-refractivity contribution < 1.29 is 31.5 Å². The first kappa shape index (κ1) is 24.7. The third-order valence-electron chi connectivity index (χ3n) is 6.63. The Bertz CT molecular complexity index is 1340. The topological polar surface area (TPSA) is 98.1 Å². The fourth-order valence-corrected chi connectivity index (χ4v) is 6.34. The molecule has 192 valence electrons. The van der Waals surface area contributed by atoms with Crippen LogP contribution in [-0.4, -0.2) is 51.0 Å². The van der Waals surface area contributed by atoms with Gasteiger partial charge in [0.2, 0.25) is 11.0 Å². The highest BCUT2D eigenvalue weighted by Gasteiger charge is 2.41. The Hall–Kier alpha value is -2.95. The van der Waals surface area contributed by atoms with Crippen LogP contribution < -0.4 is 10.1 Å². The number of hydrogen-bond donors (Lipinski definition) is 1. The molecule has 2 aliphatic heterocycles. The van der Waals surface area contributed by atoms with Gasteiger partial charge in [-0.1, -0.05) is 12.1 Å². The summed E-state index contributed by atoms with van der Waals surface area (Å²) in [6.07, 6.45) is 3.09. The van der Waals surface area contributed by atoms with Crippen molar-refractivity contribution in [1.82, 2.24) is 9.62 Å². The van der Waals surface area contributed by atoms with E-state index < -0.39 is 21.9 Å². The number of amides is 1. The molecule has 0 saturated carbocycles. The average molecular weight is 517 g/mol. The van der Waals surface area contributed by atoms with Crippen molar-refractivity contribution in [3.8, 4) is 5.75 Å². The van der Waals surface area contributed by atoms with Crippen molar-refractivity contribution >= 4 is 26.9 Å². The number of halogens is 1. The fourth-order valence-electron chi connectivity index (χ4n) is 4.73. The Morgan fingerprint density at radius 3 is 2.86 bits per heavy atom. The van der Waals surface area contributed by atoms with Crippen molar-refractivity contribution in [1.29, 1.82) is 0 Å². The van der Waals surface area contributed by atoms with Crippen LogP contribution in [0.2, 0.25) is 0 Å². The molecule has 0 radical (unpaired) electrons. The second kappa shape index (κ2) is 10.6. The molecule has 8 nitrogen and oxygen atoms in total. The van der Waals surface area contributed by atoms with E-state index in [0.29, 0.717) is 37.4 Å². The Balaban J connectivity index is 1.21. The van der Waals surface area contributed by atoms with Crippen LogP contribution >= 0.6 is 0 Å². The van der Waals surface area contributed by atoms with Crippen molar-refractivity contribution in [2.24, 2.45) is 5.92 Å². The number of fused-ring (bicyclic) bond motifs is 1. The van der Waals surface area contributed by atoms with Gasteiger partial charge in [0.15, 0.2) is 0 Å². The average Bonchev–Trinajstić information content (AvgIpc) is 3.55. The van der Waals surface area contributed by atoms with Crippen molar-refractivity contribution in [2.45, 2.75) is 43.4 Å². The summed E-state index contributed by atoms with van der Waals surface area (Å²) in [4.78, 5) is 13.0. The molecule has 2 aromatic carbocycles. The maximum Gasteiger partial charge on any atom is 0.277 e. The summed E-state index contributed by atoms with van der Waals surface area (Å²) >= 11 is 0. The van der Waals surface area contributed by atoms with Gasteiger partial charge in [0, 0.05) is 37.1 Å². The molecule has 0 spiro atoms. The molecule has 2 atom stereocenters. The van der Waals surface area contributed by atoms with Gasteiger partial charge in [0.1, 0.15) is 23.2 Å². The van der Waals surface area contributed by atoms with Gasteiger partial charge in [-0.2, -0.15) is 4.31 Å². The minimum atomic E-state index is -4.06. The number of hydrogen-bond acceptors (Lipinski definition) is 6. The summed E-state index contributed by atoms with van der Waals surface area (Å²) in [5.41, 5.74) is 1.13. The minimum Gasteiger partial charge on any atom is -0.493 e. The van der Waals surface area contributed by atoms with E-state index >= 15 is 0 Å². The zero-order valence-electron chi connectivity index (χ0n) is 19.8. The van der Waals surface area contributed by atoms with Gasteiger partial charge in [0.05, 0.1) is 13.2 Å². The maximum absolute atomic E-state index is 13.5. The summed E-state index contributed by atoms with van der Waals surface area (Å²) in [6, 6.07) is 11.8. The number of benzene rings is 2. The SMILES string of the molecule is O=C(NCc1cccc(OCC2CCCOC2)c1)[C@@H]1CCCN1S(=O)(=O)c1cc2cc(F)ccc2o1. The molecule has 36 heavy (non-hydrogen) atoms. The van der Waals surface area contributed by atoms with Crippen LogP contribution in [0.25, 0.3) is 11.0 Å². The number of furan rings is 1. The van der Waals surface area contributed by atoms with E-state index in [-0.39, 0.29) is 29.7 Å². The summed E-state index contributed by atoms with van der Waals surface area (Å²) in [6.45, 7) is 2.56. The van der Waals surface area contributed by atoms with E-state index in [0.717, 1.165) is 30.8 Å². The first-order valence-electron chi connectivity index (χ1n) is 12.2. The molecule has 10 heteroatoms. The molecule has 2 aliphatic rings. The second-order valence-electron chi connectivity index (χ2n) is 9.28. The lowest BCUT2D eigenvalue weighted by molar-refractivity contribution is -0.124. The number of sulfonamides is 1.